The van der Waals surface area contributed by atoms with Gasteiger partial charge in [-0.05, 0) is 29.8 Å². The Hall–Kier alpha value is -2.29. The van der Waals surface area contributed by atoms with Crippen molar-refractivity contribution in [3.05, 3.63) is 60.2 Å². The Balaban J connectivity index is 1.83. The van der Waals surface area contributed by atoms with E-state index in [0.717, 1.165) is 5.56 Å². The summed E-state index contributed by atoms with van der Waals surface area (Å²) in [4.78, 5) is 11.7. The zero-order valence-corrected chi connectivity index (χ0v) is 10.0. The molecular weight excluding hydrogens is 226 g/mol. The maximum absolute atomic E-state index is 11.7. The minimum atomic E-state index is 0.0537. The van der Waals surface area contributed by atoms with Crippen molar-refractivity contribution in [2.24, 2.45) is 0 Å². The molecule has 0 fully saturated rings. The lowest BCUT2D eigenvalue weighted by molar-refractivity contribution is -0.120. The van der Waals surface area contributed by atoms with Crippen LogP contribution in [0.15, 0.2) is 54.6 Å². The van der Waals surface area contributed by atoms with Gasteiger partial charge in [0.05, 0.1) is 0 Å². The van der Waals surface area contributed by atoms with Crippen LogP contribution in [0.3, 0.4) is 0 Å². The number of carbonyl (C=O) groups is 1. The second-order valence-electron chi connectivity index (χ2n) is 4.06. The molecular formula is C15H15NO2. The molecule has 0 atom stereocenters. The summed E-state index contributed by atoms with van der Waals surface area (Å²) in [5, 5.41) is 0. The topological polar surface area (TPSA) is 52.3 Å². The van der Waals surface area contributed by atoms with Crippen molar-refractivity contribution in [1.29, 1.82) is 0 Å². The first-order valence-corrected chi connectivity index (χ1v) is 5.78. The Morgan fingerprint density at radius 2 is 1.67 bits per heavy atom. The number of ether oxygens (including phenoxy) is 1. The highest BCUT2D eigenvalue weighted by atomic mass is 16.5. The quantitative estimate of drug-likeness (QED) is 0.818. The predicted molar refractivity (Wildman–Crippen MR) is 71.5 cm³/mol. The first-order chi connectivity index (χ1) is 8.74. The highest BCUT2D eigenvalue weighted by Gasteiger charge is 2.04. The SMILES string of the molecule is Nc1ccc(OCC(=O)Cc2ccccc2)cc1. The number of carbonyl (C=O) groups excluding carboxylic acids is 1. The average molecular weight is 241 g/mol. The zero-order chi connectivity index (χ0) is 12.8. The molecule has 0 saturated carbocycles. The second kappa shape index (κ2) is 5.87. The third-order valence-corrected chi connectivity index (χ3v) is 2.52. The average Bonchev–Trinajstić information content (AvgIpc) is 2.39. The summed E-state index contributed by atoms with van der Waals surface area (Å²) in [6, 6.07) is 16.6. The fourth-order valence-electron chi connectivity index (χ4n) is 1.60. The van der Waals surface area contributed by atoms with Crippen molar-refractivity contribution < 1.29 is 9.53 Å². The normalized spacial score (nSPS) is 10.0. The molecule has 3 nitrogen and oxygen atoms in total. The van der Waals surface area contributed by atoms with Gasteiger partial charge in [0.1, 0.15) is 12.4 Å². The molecule has 0 saturated heterocycles. The van der Waals surface area contributed by atoms with Crippen molar-refractivity contribution in [2.75, 3.05) is 12.3 Å². The van der Waals surface area contributed by atoms with E-state index < -0.39 is 0 Å². The van der Waals surface area contributed by atoms with E-state index in [1.807, 2.05) is 30.3 Å². The number of nitrogens with two attached hydrogens (primary N) is 1. The number of hydrogen-bond acceptors (Lipinski definition) is 3. The van der Waals surface area contributed by atoms with Gasteiger partial charge < -0.3 is 10.5 Å². The Labute approximate surface area is 106 Å². The zero-order valence-electron chi connectivity index (χ0n) is 10.0. The Kier molecular flexibility index (Phi) is 3.97. The summed E-state index contributed by atoms with van der Waals surface area (Å²) in [6.07, 6.45) is 0.399. The van der Waals surface area contributed by atoms with E-state index in [-0.39, 0.29) is 12.4 Å². The van der Waals surface area contributed by atoms with Crippen LogP contribution < -0.4 is 10.5 Å². The Morgan fingerprint density at radius 3 is 2.33 bits per heavy atom. The summed E-state index contributed by atoms with van der Waals surface area (Å²) in [5.41, 5.74) is 7.24. The van der Waals surface area contributed by atoms with Gasteiger partial charge in [0, 0.05) is 12.1 Å². The number of hydrogen-bond donors (Lipinski definition) is 1. The van der Waals surface area contributed by atoms with E-state index in [2.05, 4.69) is 0 Å². The first kappa shape index (κ1) is 12.2. The van der Waals surface area contributed by atoms with Crippen LogP contribution in [0.5, 0.6) is 5.75 Å². The van der Waals surface area contributed by atoms with Gasteiger partial charge in [-0.15, -0.1) is 0 Å². The molecule has 2 aromatic carbocycles. The Bertz CT molecular complexity index is 506. The maximum Gasteiger partial charge on any atom is 0.174 e. The van der Waals surface area contributed by atoms with E-state index in [1.54, 1.807) is 24.3 Å². The van der Waals surface area contributed by atoms with Crippen LogP contribution >= 0.6 is 0 Å². The van der Waals surface area contributed by atoms with Crippen LogP contribution in [-0.4, -0.2) is 12.4 Å². The maximum atomic E-state index is 11.7. The van der Waals surface area contributed by atoms with E-state index in [9.17, 15) is 4.79 Å². The number of benzene rings is 2. The molecule has 0 aliphatic carbocycles. The molecule has 0 spiro atoms. The van der Waals surface area contributed by atoms with Crippen molar-refractivity contribution in [1.82, 2.24) is 0 Å². The molecule has 0 amide bonds. The van der Waals surface area contributed by atoms with Crippen LogP contribution in [0.4, 0.5) is 5.69 Å². The van der Waals surface area contributed by atoms with Gasteiger partial charge in [0.2, 0.25) is 0 Å². The van der Waals surface area contributed by atoms with Crippen LogP contribution in [0, 0.1) is 0 Å². The van der Waals surface area contributed by atoms with Gasteiger partial charge in [-0.1, -0.05) is 30.3 Å². The molecule has 0 aliphatic rings. The third kappa shape index (κ3) is 3.63. The van der Waals surface area contributed by atoms with Crippen LogP contribution in [0.2, 0.25) is 0 Å². The minimum absolute atomic E-state index is 0.0537. The number of anilines is 1. The molecule has 3 heteroatoms. The third-order valence-electron chi connectivity index (χ3n) is 2.52. The minimum Gasteiger partial charge on any atom is -0.486 e. The molecule has 92 valence electrons. The molecule has 0 aromatic heterocycles. The van der Waals surface area contributed by atoms with E-state index in [0.29, 0.717) is 17.9 Å². The predicted octanol–water partition coefficient (Wildman–Crippen LogP) is 2.46. The molecule has 0 unspecified atom stereocenters. The summed E-state index contributed by atoms with van der Waals surface area (Å²) in [6.45, 7) is 0.0822. The molecule has 0 aliphatic heterocycles. The highest BCUT2D eigenvalue weighted by Crippen LogP contribution is 2.13. The lowest BCUT2D eigenvalue weighted by Crippen LogP contribution is -2.13. The van der Waals surface area contributed by atoms with Crippen molar-refractivity contribution >= 4 is 11.5 Å². The molecule has 0 radical (unpaired) electrons. The van der Waals surface area contributed by atoms with E-state index >= 15 is 0 Å². The lowest BCUT2D eigenvalue weighted by atomic mass is 10.1. The van der Waals surface area contributed by atoms with E-state index in [4.69, 9.17) is 10.5 Å². The van der Waals surface area contributed by atoms with Crippen molar-refractivity contribution in [2.45, 2.75) is 6.42 Å². The monoisotopic (exact) mass is 241 g/mol. The summed E-state index contributed by atoms with van der Waals surface area (Å²) in [7, 11) is 0. The van der Waals surface area contributed by atoms with Crippen molar-refractivity contribution in [3.8, 4) is 5.75 Å². The summed E-state index contributed by atoms with van der Waals surface area (Å²) in [5.74, 6) is 0.712. The van der Waals surface area contributed by atoms with Crippen LogP contribution in [-0.2, 0) is 11.2 Å². The largest absolute Gasteiger partial charge is 0.486 e. The smallest absolute Gasteiger partial charge is 0.174 e. The summed E-state index contributed by atoms with van der Waals surface area (Å²) >= 11 is 0. The second-order valence-corrected chi connectivity index (χ2v) is 4.06. The van der Waals surface area contributed by atoms with Gasteiger partial charge in [0.25, 0.3) is 0 Å². The van der Waals surface area contributed by atoms with Gasteiger partial charge in [-0.3, -0.25) is 4.79 Å². The van der Waals surface area contributed by atoms with Gasteiger partial charge >= 0.3 is 0 Å². The van der Waals surface area contributed by atoms with E-state index in [1.165, 1.54) is 0 Å². The molecule has 0 bridgehead atoms. The number of nitrogen functional groups attached to an aromatic ring is 1. The van der Waals surface area contributed by atoms with Crippen LogP contribution in [0.1, 0.15) is 5.56 Å². The molecule has 0 heterocycles. The number of ketones is 1. The molecule has 2 rings (SSSR count). The van der Waals surface area contributed by atoms with Gasteiger partial charge in [0.15, 0.2) is 5.78 Å². The fourth-order valence-corrected chi connectivity index (χ4v) is 1.60. The molecule has 2 aromatic rings. The number of Topliss-reactive ketones (excluding diaryl/α,β-unsaturated/α-hetero) is 1. The first-order valence-electron chi connectivity index (χ1n) is 5.78. The summed E-state index contributed by atoms with van der Waals surface area (Å²) < 4.78 is 5.39. The van der Waals surface area contributed by atoms with Gasteiger partial charge in [-0.2, -0.15) is 0 Å². The lowest BCUT2D eigenvalue weighted by Gasteiger charge is -2.05. The fraction of sp³-hybridized carbons (Fsp3) is 0.133. The van der Waals surface area contributed by atoms with Crippen LogP contribution in [0.25, 0.3) is 0 Å². The number of rotatable bonds is 5. The standard InChI is InChI=1S/C15H15NO2/c16-13-6-8-15(9-7-13)18-11-14(17)10-12-4-2-1-3-5-12/h1-9H,10-11,16H2. The molecule has 18 heavy (non-hydrogen) atoms. The Morgan fingerprint density at radius 1 is 1.00 bits per heavy atom. The van der Waals surface area contributed by atoms with Gasteiger partial charge in [-0.25, -0.2) is 0 Å². The van der Waals surface area contributed by atoms with Crippen molar-refractivity contribution in [3.63, 3.8) is 0 Å². The molecule has 2 N–H and O–H groups in total. The highest BCUT2D eigenvalue weighted by molar-refractivity contribution is 5.82.